The van der Waals surface area contributed by atoms with E-state index >= 15 is 0 Å². The van der Waals surface area contributed by atoms with E-state index in [-0.39, 0.29) is 0 Å². The quantitative estimate of drug-likeness (QED) is 0.438. The van der Waals surface area contributed by atoms with Crippen molar-refractivity contribution >= 4 is 5.97 Å². The standard InChI is InChI=1S/C14H26O2/c1-3-4-5-6-7-8-9-10-11-12-13(2)14(15)16/h12H,3-11H2,1-2H3,(H,15,16)/b13-12+. The molecule has 0 heterocycles. The number of hydrogen-bond donors (Lipinski definition) is 1. The summed E-state index contributed by atoms with van der Waals surface area (Å²) < 4.78 is 0. The summed E-state index contributed by atoms with van der Waals surface area (Å²) in [6.07, 6.45) is 13.1. The van der Waals surface area contributed by atoms with Crippen LogP contribution in [0.5, 0.6) is 0 Å². The number of rotatable bonds is 10. The van der Waals surface area contributed by atoms with Gasteiger partial charge in [0, 0.05) is 5.57 Å². The highest BCUT2D eigenvalue weighted by molar-refractivity contribution is 5.85. The Hall–Kier alpha value is -0.790. The van der Waals surface area contributed by atoms with E-state index in [2.05, 4.69) is 6.92 Å². The number of carbonyl (C=O) groups is 1. The minimum absolute atomic E-state index is 0.475. The van der Waals surface area contributed by atoms with E-state index in [1.807, 2.05) is 6.08 Å². The molecule has 0 amide bonds. The highest BCUT2D eigenvalue weighted by Crippen LogP contribution is 2.10. The van der Waals surface area contributed by atoms with Crippen molar-refractivity contribution in [3.05, 3.63) is 11.6 Å². The van der Waals surface area contributed by atoms with Gasteiger partial charge in [0.05, 0.1) is 0 Å². The smallest absolute Gasteiger partial charge is 0.330 e. The van der Waals surface area contributed by atoms with Crippen LogP contribution in [-0.2, 0) is 4.79 Å². The van der Waals surface area contributed by atoms with Crippen LogP contribution in [0, 0.1) is 0 Å². The Labute approximate surface area is 99.7 Å². The lowest BCUT2D eigenvalue weighted by atomic mass is 10.1. The van der Waals surface area contributed by atoms with E-state index < -0.39 is 5.97 Å². The second-order valence-corrected chi connectivity index (χ2v) is 4.46. The average Bonchev–Trinajstić information content (AvgIpc) is 2.26. The zero-order valence-electron chi connectivity index (χ0n) is 10.8. The van der Waals surface area contributed by atoms with Crippen molar-refractivity contribution in [2.45, 2.75) is 71.6 Å². The van der Waals surface area contributed by atoms with Crippen LogP contribution in [0.2, 0.25) is 0 Å². The lowest BCUT2D eigenvalue weighted by molar-refractivity contribution is -0.132. The van der Waals surface area contributed by atoms with Gasteiger partial charge >= 0.3 is 5.97 Å². The van der Waals surface area contributed by atoms with Crippen LogP contribution in [0.4, 0.5) is 0 Å². The monoisotopic (exact) mass is 226 g/mol. The van der Waals surface area contributed by atoms with Crippen LogP contribution in [0.3, 0.4) is 0 Å². The van der Waals surface area contributed by atoms with Crippen molar-refractivity contribution in [1.82, 2.24) is 0 Å². The highest BCUT2D eigenvalue weighted by atomic mass is 16.4. The van der Waals surface area contributed by atoms with E-state index in [0.717, 1.165) is 12.8 Å². The molecular weight excluding hydrogens is 200 g/mol. The zero-order valence-corrected chi connectivity index (χ0v) is 10.8. The summed E-state index contributed by atoms with van der Waals surface area (Å²) in [4.78, 5) is 10.5. The molecule has 0 spiro atoms. The molecule has 94 valence electrons. The molecule has 0 radical (unpaired) electrons. The predicted octanol–water partition coefficient (Wildman–Crippen LogP) is 4.55. The van der Waals surface area contributed by atoms with E-state index in [0.29, 0.717) is 5.57 Å². The Morgan fingerprint density at radius 2 is 1.50 bits per heavy atom. The Morgan fingerprint density at radius 3 is 2.00 bits per heavy atom. The summed E-state index contributed by atoms with van der Waals surface area (Å²) in [5, 5.41) is 8.64. The Kier molecular flexibility index (Phi) is 10.2. The molecule has 2 nitrogen and oxygen atoms in total. The topological polar surface area (TPSA) is 37.3 Å². The molecule has 16 heavy (non-hydrogen) atoms. The lowest BCUT2D eigenvalue weighted by Gasteiger charge is -2.00. The maximum atomic E-state index is 10.5. The maximum Gasteiger partial charge on any atom is 0.330 e. The second-order valence-electron chi connectivity index (χ2n) is 4.46. The van der Waals surface area contributed by atoms with Crippen LogP contribution in [-0.4, -0.2) is 11.1 Å². The molecule has 0 saturated heterocycles. The third-order valence-electron chi connectivity index (χ3n) is 2.85. The summed E-state index contributed by atoms with van der Waals surface area (Å²) in [6, 6.07) is 0. The SMILES string of the molecule is CCCCCCCCCC/C=C(\C)C(=O)O. The van der Waals surface area contributed by atoms with Gasteiger partial charge in [0.25, 0.3) is 0 Å². The molecule has 1 N–H and O–H groups in total. The first-order valence-electron chi connectivity index (χ1n) is 6.58. The van der Waals surface area contributed by atoms with Crippen LogP contribution in [0.15, 0.2) is 11.6 Å². The molecule has 0 saturated carbocycles. The van der Waals surface area contributed by atoms with Crippen LogP contribution in [0.1, 0.15) is 71.6 Å². The molecule has 0 aromatic carbocycles. The van der Waals surface area contributed by atoms with E-state index in [9.17, 15) is 4.79 Å². The molecule has 0 unspecified atom stereocenters. The van der Waals surface area contributed by atoms with E-state index in [1.165, 1.54) is 44.9 Å². The van der Waals surface area contributed by atoms with Gasteiger partial charge in [-0.1, -0.05) is 57.9 Å². The van der Waals surface area contributed by atoms with Crippen molar-refractivity contribution < 1.29 is 9.90 Å². The van der Waals surface area contributed by atoms with Gasteiger partial charge in [0.15, 0.2) is 0 Å². The number of aliphatic carboxylic acids is 1. The molecule has 0 aliphatic rings. The van der Waals surface area contributed by atoms with Crippen LogP contribution in [0.25, 0.3) is 0 Å². The lowest BCUT2D eigenvalue weighted by Crippen LogP contribution is -1.95. The van der Waals surface area contributed by atoms with Gasteiger partial charge in [-0.05, 0) is 19.8 Å². The summed E-state index contributed by atoms with van der Waals surface area (Å²) in [6.45, 7) is 3.89. The molecule has 0 rings (SSSR count). The van der Waals surface area contributed by atoms with Crippen molar-refractivity contribution in [1.29, 1.82) is 0 Å². The molecule has 0 aliphatic heterocycles. The third-order valence-corrected chi connectivity index (χ3v) is 2.85. The summed E-state index contributed by atoms with van der Waals surface area (Å²) >= 11 is 0. The summed E-state index contributed by atoms with van der Waals surface area (Å²) in [5.41, 5.74) is 0.475. The molecule has 2 heteroatoms. The molecule has 0 aromatic rings. The normalized spacial score (nSPS) is 11.8. The largest absolute Gasteiger partial charge is 0.478 e. The number of carboxylic acids is 1. The van der Waals surface area contributed by atoms with E-state index in [4.69, 9.17) is 5.11 Å². The van der Waals surface area contributed by atoms with Crippen LogP contribution >= 0.6 is 0 Å². The molecule has 0 atom stereocenters. The highest BCUT2D eigenvalue weighted by Gasteiger charge is 1.97. The molecule has 0 aromatic heterocycles. The number of carboxylic acid groups (broad SMARTS) is 1. The Balaban J connectivity index is 3.21. The van der Waals surface area contributed by atoms with Gasteiger partial charge in [0.2, 0.25) is 0 Å². The first kappa shape index (κ1) is 15.2. The van der Waals surface area contributed by atoms with Crippen molar-refractivity contribution in [3.63, 3.8) is 0 Å². The summed E-state index contributed by atoms with van der Waals surface area (Å²) in [7, 11) is 0. The van der Waals surface area contributed by atoms with Gasteiger partial charge in [-0.2, -0.15) is 0 Å². The van der Waals surface area contributed by atoms with Crippen molar-refractivity contribution in [2.75, 3.05) is 0 Å². The fourth-order valence-electron chi connectivity index (χ4n) is 1.68. The maximum absolute atomic E-state index is 10.5. The van der Waals surface area contributed by atoms with Gasteiger partial charge in [-0.25, -0.2) is 4.79 Å². The van der Waals surface area contributed by atoms with Crippen molar-refractivity contribution in [2.24, 2.45) is 0 Å². The first-order valence-corrected chi connectivity index (χ1v) is 6.58. The Morgan fingerprint density at radius 1 is 1.00 bits per heavy atom. The summed E-state index contributed by atoms with van der Waals surface area (Å²) in [5.74, 6) is -0.792. The average molecular weight is 226 g/mol. The number of hydrogen-bond acceptors (Lipinski definition) is 1. The van der Waals surface area contributed by atoms with Crippen molar-refractivity contribution in [3.8, 4) is 0 Å². The van der Waals surface area contributed by atoms with E-state index in [1.54, 1.807) is 6.92 Å². The van der Waals surface area contributed by atoms with Gasteiger partial charge in [-0.3, -0.25) is 0 Å². The van der Waals surface area contributed by atoms with Gasteiger partial charge in [-0.15, -0.1) is 0 Å². The third kappa shape index (κ3) is 9.75. The fourth-order valence-corrected chi connectivity index (χ4v) is 1.68. The van der Waals surface area contributed by atoms with Gasteiger partial charge in [0.1, 0.15) is 0 Å². The fraction of sp³-hybridized carbons (Fsp3) is 0.786. The molecule has 0 bridgehead atoms. The van der Waals surface area contributed by atoms with Crippen LogP contribution < -0.4 is 0 Å². The number of unbranched alkanes of at least 4 members (excludes halogenated alkanes) is 8. The zero-order chi connectivity index (χ0) is 12.2. The minimum Gasteiger partial charge on any atom is -0.478 e. The van der Waals surface area contributed by atoms with Gasteiger partial charge < -0.3 is 5.11 Å². The first-order chi connectivity index (χ1) is 7.68. The second kappa shape index (κ2) is 10.7. The Bertz CT molecular complexity index is 207. The molecular formula is C14H26O2. The number of allylic oxidation sites excluding steroid dienone is 1. The minimum atomic E-state index is -0.792. The predicted molar refractivity (Wildman–Crippen MR) is 68.6 cm³/mol. The molecule has 0 fully saturated rings. The molecule has 0 aliphatic carbocycles.